The molecule has 14 nitrogen and oxygen atoms in total. The highest BCUT2D eigenvalue weighted by molar-refractivity contribution is 5.95. The summed E-state index contributed by atoms with van der Waals surface area (Å²) in [6.07, 6.45) is 14.7. The van der Waals surface area contributed by atoms with Crippen molar-refractivity contribution in [2.45, 2.75) is 157 Å². The number of fused-ring (bicyclic) bond motifs is 6. The first-order valence-electron chi connectivity index (χ1n) is 26.1. The lowest BCUT2D eigenvalue weighted by Gasteiger charge is -2.63. The molecule has 1 aliphatic carbocycles. The summed E-state index contributed by atoms with van der Waals surface area (Å²) in [5, 5.41) is 51.6. The number of unbranched alkanes of at least 4 members (excludes halogenated alkanes) is 8. The number of carboxylic acids is 1. The van der Waals surface area contributed by atoms with E-state index in [1.165, 1.54) is 7.11 Å². The number of hydrogen-bond acceptors (Lipinski definition) is 11. The standard InChI is InChI=1S/C55H77N5O9/c1-6-51(66)32-36-33-54(50(65)69-5,45-38(23-28-59(34-36)35-51)37-20-16-17-21-41(37)57-45)40-30-39-42(31-43(40)68-4)58(3)47-53(39)25-29-60-27-19-24-52(7-2,46(53)60)48(63)55(47,67)49(64)56-26-18-14-12-10-8-9-11-13-15-22-44(61)62/h16-17,19-21,24,30-31,36,46-48,57,63,66-67H,6-15,18,22-23,25-29,32-35H2,1-5H3,(H,56,64)(H,61,62)/t36-,46?,47-,48-,51+,52?,53-,54+,55+/m1/s1. The number of aliphatic hydroxyl groups excluding tert-OH is 1. The van der Waals surface area contributed by atoms with E-state index in [1.54, 1.807) is 7.11 Å². The van der Waals surface area contributed by atoms with Crippen LogP contribution in [0.5, 0.6) is 5.75 Å². The van der Waals surface area contributed by atoms with Gasteiger partial charge in [-0.3, -0.25) is 24.2 Å². The van der Waals surface area contributed by atoms with Crippen LogP contribution in [0.1, 0.15) is 133 Å². The molecule has 1 amide bonds. The SMILES string of the molecule is CCC12C=CCN3CC[C@@]4(c5cc([C@@]6(C(=O)OC)C[C@@H]7CN(CCc8c6[nH]c6ccccc86)C[C@](O)(CC)C7)c(OC)cc5N(C)[C@H]4[C@@](O)(C(=O)NCCCCCCCCCCCC(=O)O)[C@@H]1O)C32. The van der Waals surface area contributed by atoms with Gasteiger partial charge in [-0.05, 0) is 87.1 Å². The first-order chi connectivity index (χ1) is 33.2. The van der Waals surface area contributed by atoms with Crippen LogP contribution in [-0.4, -0.2) is 143 Å². The van der Waals surface area contributed by atoms with E-state index >= 15 is 9.59 Å². The molecular weight excluding hydrogens is 875 g/mol. The second-order valence-corrected chi connectivity index (χ2v) is 21.7. The fourth-order valence-corrected chi connectivity index (χ4v) is 15.0. The van der Waals surface area contributed by atoms with E-state index in [0.29, 0.717) is 89.1 Å². The minimum Gasteiger partial charge on any atom is -0.496 e. The average Bonchev–Trinajstić information content (AvgIpc) is 4.01. The topological polar surface area (TPSA) is 188 Å². The molecule has 3 fully saturated rings. The molecule has 3 unspecified atom stereocenters. The van der Waals surface area contributed by atoms with E-state index in [4.69, 9.17) is 14.6 Å². The fraction of sp³-hybridized carbons (Fsp3) is 0.655. The summed E-state index contributed by atoms with van der Waals surface area (Å²) in [7, 11) is 5.00. The van der Waals surface area contributed by atoms with Crippen LogP contribution in [0.15, 0.2) is 48.6 Å². The van der Waals surface area contributed by atoms with E-state index in [0.717, 1.165) is 91.2 Å². The maximum Gasteiger partial charge on any atom is 0.322 e. The number of anilines is 1. The Morgan fingerprint density at radius 1 is 0.899 bits per heavy atom. The first kappa shape index (κ1) is 49.5. The van der Waals surface area contributed by atoms with Crippen LogP contribution in [-0.2, 0) is 36.4 Å². The van der Waals surface area contributed by atoms with Gasteiger partial charge in [0.25, 0.3) is 5.91 Å². The van der Waals surface area contributed by atoms with E-state index in [-0.39, 0.29) is 18.4 Å². The second-order valence-electron chi connectivity index (χ2n) is 21.7. The highest BCUT2D eigenvalue weighted by Gasteiger charge is 2.78. The Morgan fingerprint density at radius 3 is 2.32 bits per heavy atom. The maximum atomic E-state index is 15.5. The van der Waals surface area contributed by atoms with Gasteiger partial charge in [0.2, 0.25) is 0 Å². The number of H-pyrrole nitrogens is 1. The van der Waals surface area contributed by atoms with Crippen molar-refractivity contribution in [1.82, 2.24) is 20.1 Å². The van der Waals surface area contributed by atoms with E-state index < -0.39 is 57.4 Å². The number of carbonyl (C=O) groups is 3. The number of carbonyl (C=O) groups excluding carboxylic acids is 2. The molecule has 1 spiro atoms. The van der Waals surface area contributed by atoms with Crippen LogP contribution in [0.3, 0.4) is 0 Å². The van der Waals surface area contributed by atoms with Crippen LogP contribution in [0.4, 0.5) is 5.69 Å². The lowest BCUT2D eigenvalue weighted by atomic mass is 9.47. The number of likely N-dealkylation sites (N-methyl/N-ethyl adjacent to an activating group) is 1. The Bertz CT molecular complexity index is 2440. The predicted octanol–water partition coefficient (Wildman–Crippen LogP) is 6.35. The lowest BCUT2D eigenvalue weighted by molar-refractivity contribution is -0.203. The summed E-state index contributed by atoms with van der Waals surface area (Å²) < 4.78 is 12.4. The summed E-state index contributed by atoms with van der Waals surface area (Å²) in [6, 6.07) is 11.2. The Kier molecular flexibility index (Phi) is 13.8. The van der Waals surface area contributed by atoms with Crippen molar-refractivity contribution in [1.29, 1.82) is 0 Å². The number of methoxy groups -OCH3 is 2. The summed E-state index contributed by atoms with van der Waals surface area (Å²) in [4.78, 5) is 51.9. The van der Waals surface area contributed by atoms with E-state index in [2.05, 4.69) is 50.5 Å². The number of nitrogens with one attached hydrogen (secondary N) is 2. The highest BCUT2D eigenvalue weighted by atomic mass is 16.5. The third-order valence-corrected chi connectivity index (χ3v) is 18.1. The number of piperidine rings is 1. The third kappa shape index (κ3) is 7.90. The van der Waals surface area contributed by atoms with Crippen LogP contribution in [0.2, 0.25) is 0 Å². The molecule has 5 aliphatic heterocycles. The summed E-state index contributed by atoms with van der Waals surface area (Å²) in [5.74, 6) is -1.35. The third-order valence-electron chi connectivity index (χ3n) is 18.1. The van der Waals surface area contributed by atoms with Crippen LogP contribution in [0.25, 0.3) is 10.9 Å². The molecule has 2 aromatic carbocycles. The monoisotopic (exact) mass is 952 g/mol. The Morgan fingerprint density at radius 2 is 1.62 bits per heavy atom. The number of esters is 1. The smallest absolute Gasteiger partial charge is 0.322 e. The van der Waals surface area contributed by atoms with Gasteiger partial charge >= 0.3 is 11.9 Å². The molecule has 2 saturated heterocycles. The molecule has 376 valence electrons. The highest BCUT2D eigenvalue weighted by Crippen LogP contribution is 2.67. The molecule has 6 heterocycles. The van der Waals surface area contributed by atoms with Gasteiger partial charge in [-0.15, -0.1) is 0 Å². The number of aliphatic carboxylic acids is 1. The number of aromatic nitrogens is 1. The van der Waals surface area contributed by atoms with E-state index in [1.807, 2.05) is 44.0 Å². The molecule has 69 heavy (non-hydrogen) atoms. The van der Waals surface area contributed by atoms with Gasteiger partial charge < -0.3 is 45.1 Å². The molecule has 1 saturated carbocycles. The number of carboxylic acid groups (broad SMARTS) is 1. The average molecular weight is 952 g/mol. The van der Waals surface area contributed by atoms with Crippen molar-refractivity contribution in [3.8, 4) is 5.75 Å². The fourth-order valence-electron chi connectivity index (χ4n) is 15.0. The van der Waals surface area contributed by atoms with Crippen LogP contribution < -0.4 is 15.0 Å². The number of rotatable bonds is 18. The minimum absolute atomic E-state index is 0.0922. The maximum absolute atomic E-state index is 15.5. The van der Waals surface area contributed by atoms with Gasteiger partial charge in [0, 0.05) is 97.0 Å². The molecule has 9 rings (SSSR count). The lowest BCUT2D eigenvalue weighted by Crippen LogP contribution is -2.81. The summed E-state index contributed by atoms with van der Waals surface area (Å²) in [5.41, 5.74) is -1.34. The number of para-hydroxylation sites is 1. The predicted molar refractivity (Wildman–Crippen MR) is 266 cm³/mol. The zero-order valence-corrected chi connectivity index (χ0v) is 41.7. The number of amides is 1. The van der Waals surface area contributed by atoms with E-state index in [9.17, 15) is 20.1 Å². The largest absolute Gasteiger partial charge is 0.496 e. The first-order valence-corrected chi connectivity index (χ1v) is 26.1. The number of ether oxygens (including phenoxy) is 2. The molecule has 10 atom stereocenters. The molecule has 6 aliphatic rings. The van der Waals surface area contributed by atoms with Crippen LogP contribution >= 0.6 is 0 Å². The summed E-state index contributed by atoms with van der Waals surface area (Å²) in [6.45, 7) is 7.80. The minimum atomic E-state index is -2.23. The van der Waals surface area contributed by atoms with Crippen molar-refractivity contribution in [2.75, 3.05) is 65.4 Å². The van der Waals surface area contributed by atoms with Crippen molar-refractivity contribution < 1.29 is 44.3 Å². The molecule has 3 aromatic rings. The van der Waals surface area contributed by atoms with Crippen molar-refractivity contribution in [3.63, 3.8) is 0 Å². The van der Waals surface area contributed by atoms with Gasteiger partial charge in [0.15, 0.2) is 5.60 Å². The number of aliphatic hydroxyl groups is 3. The van der Waals surface area contributed by atoms with Crippen LogP contribution in [0, 0.1) is 11.3 Å². The molecule has 14 heteroatoms. The normalized spacial score (nSPS) is 33.4. The molecule has 2 bridgehead atoms. The number of nitrogens with zero attached hydrogens (tertiary/aromatic N) is 3. The molecular formula is C55H77N5O9. The van der Waals surface area contributed by atoms with Gasteiger partial charge in [0.05, 0.1) is 25.9 Å². The van der Waals surface area contributed by atoms with Crippen molar-refractivity contribution in [2.24, 2.45) is 11.3 Å². The van der Waals surface area contributed by atoms with Crippen molar-refractivity contribution in [3.05, 3.63) is 70.9 Å². The quantitative estimate of drug-likeness (QED) is 0.0472. The Hall–Kier alpha value is -4.47. The zero-order chi connectivity index (χ0) is 48.9. The molecule has 1 aromatic heterocycles. The second kappa shape index (κ2) is 19.3. The van der Waals surface area contributed by atoms with Gasteiger partial charge in [-0.2, -0.15) is 0 Å². The number of aromatic amines is 1. The molecule has 6 N–H and O–H groups in total. The van der Waals surface area contributed by atoms with Gasteiger partial charge in [-0.25, -0.2) is 0 Å². The number of hydrogen-bond donors (Lipinski definition) is 6. The Balaban J connectivity index is 1.12. The van der Waals surface area contributed by atoms with Gasteiger partial charge in [0.1, 0.15) is 17.3 Å². The van der Waals surface area contributed by atoms with Crippen molar-refractivity contribution >= 4 is 34.4 Å². The Labute approximate surface area is 407 Å². The van der Waals surface area contributed by atoms with Gasteiger partial charge in [-0.1, -0.05) is 89.1 Å². The summed E-state index contributed by atoms with van der Waals surface area (Å²) >= 11 is 0. The zero-order valence-electron chi connectivity index (χ0n) is 41.7. The molecule has 0 radical (unpaired) electrons. The number of benzene rings is 2.